The van der Waals surface area contributed by atoms with E-state index in [-0.39, 0.29) is 11.8 Å². The third kappa shape index (κ3) is 2.69. The van der Waals surface area contributed by atoms with E-state index in [2.05, 4.69) is 16.9 Å². The number of carbonyl (C=O) groups is 1. The summed E-state index contributed by atoms with van der Waals surface area (Å²) in [5.41, 5.74) is 0.938. The Bertz CT molecular complexity index is 328. The highest BCUT2D eigenvalue weighted by Gasteiger charge is 2.06. The lowest BCUT2D eigenvalue weighted by Gasteiger charge is -2.06. The fraction of sp³-hybridized carbons (Fsp3) is 0.273. The van der Waals surface area contributed by atoms with Crippen molar-refractivity contribution in [1.82, 2.24) is 4.98 Å². The van der Waals surface area contributed by atoms with Gasteiger partial charge in [-0.3, -0.25) is 4.79 Å². The molecule has 0 aliphatic heterocycles. The summed E-state index contributed by atoms with van der Waals surface area (Å²) in [5.74, 6) is 0.522. The van der Waals surface area contributed by atoms with Crippen molar-refractivity contribution >= 4 is 17.8 Å². The topological polar surface area (TPSA) is 42.0 Å². The van der Waals surface area contributed by atoms with Crippen molar-refractivity contribution in [2.75, 3.05) is 5.32 Å². The zero-order valence-corrected chi connectivity index (χ0v) is 8.45. The monoisotopic (exact) mass is 190 g/mol. The molecular formula is C11H14N2O. The van der Waals surface area contributed by atoms with E-state index in [1.807, 2.05) is 19.9 Å². The number of hydrogen-bond acceptors (Lipinski definition) is 2. The van der Waals surface area contributed by atoms with Crippen molar-refractivity contribution in [3.63, 3.8) is 0 Å². The lowest BCUT2D eigenvalue weighted by molar-refractivity contribution is -0.118. The average Bonchev–Trinajstić information content (AvgIpc) is 2.19. The van der Waals surface area contributed by atoms with Crippen molar-refractivity contribution in [2.45, 2.75) is 13.8 Å². The highest BCUT2D eigenvalue weighted by Crippen LogP contribution is 2.07. The van der Waals surface area contributed by atoms with Gasteiger partial charge in [0.05, 0.1) is 0 Å². The van der Waals surface area contributed by atoms with Crippen molar-refractivity contribution in [3.05, 3.63) is 30.5 Å². The minimum atomic E-state index is -0.0316. The van der Waals surface area contributed by atoms with Gasteiger partial charge < -0.3 is 5.32 Å². The Morgan fingerprint density at radius 1 is 1.57 bits per heavy atom. The molecule has 1 aromatic rings. The molecule has 1 amide bonds. The molecule has 3 heteroatoms. The molecule has 0 aliphatic rings. The van der Waals surface area contributed by atoms with Crippen molar-refractivity contribution in [1.29, 1.82) is 0 Å². The number of rotatable bonds is 3. The third-order valence-electron chi connectivity index (χ3n) is 1.80. The second-order valence-corrected chi connectivity index (χ2v) is 3.32. The van der Waals surface area contributed by atoms with Crippen LogP contribution in [0.5, 0.6) is 0 Å². The van der Waals surface area contributed by atoms with Gasteiger partial charge in [-0.1, -0.05) is 26.5 Å². The second kappa shape index (κ2) is 4.56. The average molecular weight is 190 g/mol. The maximum Gasteiger partial charge on any atom is 0.228 e. The van der Waals surface area contributed by atoms with Crippen LogP contribution in [0.15, 0.2) is 24.9 Å². The molecule has 0 atom stereocenters. The largest absolute Gasteiger partial charge is 0.310 e. The van der Waals surface area contributed by atoms with E-state index in [1.54, 1.807) is 18.3 Å². The Balaban J connectivity index is 2.69. The number of nitrogens with one attached hydrogen (secondary N) is 1. The van der Waals surface area contributed by atoms with E-state index < -0.39 is 0 Å². The molecule has 1 heterocycles. The minimum absolute atomic E-state index is 0.0242. The number of carbonyl (C=O) groups excluding carboxylic acids is 1. The summed E-state index contributed by atoms with van der Waals surface area (Å²) in [4.78, 5) is 15.4. The quantitative estimate of drug-likeness (QED) is 0.794. The van der Waals surface area contributed by atoms with Crippen LogP contribution in [0.25, 0.3) is 6.08 Å². The molecule has 0 saturated heterocycles. The number of pyridine rings is 1. The second-order valence-electron chi connectivity index (χ2n) is 3.32. The van der Waals surface area contributed by atoms with Gasteiger partial charge in [-0.05, 0) is 17.7 Å². The summed E-state index contributed by atoms with van der Waals surface area (Å²) >= 11 is 0. The van der Waals surface area contributed by atoms with Gasteiger partial charge in [0.2, 0.25) is 5.91 Å². The summed E-state index contributed by atoms with van der Waals surface area (Å²) in [5, 5.41) is 2.71. The maximum atomic E-state index is 11.3. The van der Waals surface area contributed by atoms with Gasteiger partial charge in [-0.15, -0.1) is 0 Å². The van der Waals surface area contributed by atoms with Gasteiger partial charge in [-0.2, -0.15) is 0 Å². The van der Waals surface area contributed by atoms with E-state index in [4.69, 9.17) is 0 Å². The lowest BCUT2D eigenvalue weighted by atomic mass is 10.2. The molecule has 0 unspecified atom stereocenters. The molecule has 0 saturated carbocycles. The van der Waals surface area contributed by atoms with Crippen LogP contribution in [0.1, 0.15) is 19.4 Å². The minimum Gasteiger partial charge on any atom is -0.310 e. The SMILES string of the molecule is C=Cc1ccc(NC(=O)C(C)C)nc1. The van der Waals surface area contributed by atoms with Crippen LogP contribution >= 0.6 is 0 Å². The molecule has 1 N–H and O–H groups in total. The fourth-order valence-corrected chi connectivity index (χ4v) is 0.871. The predicted molar refractivity (Wildman–Crippen MR) is 57.8 cm³/mol. The Kier molecular flexibility index (Phi) is 3.40. The molecule has 0 bridgehead atoms. The molecule has 74 valence electrons. The Morgan fingerprint density at radius 3 is 2.71 bits per heavy atom. The Morgan fingerprint density at radius 2 is 2.29 bits per heavy atom. The molecule has 0 radical (unpaired) electrons. The van der Waals surface area contributed by atoms with E-state index >= 15 is 0 Å². The molecule has 14 heavy (non-hydrogen) atoms. The van der Waals surface area contributed by atoms with Gasteiger partial charge in [0.1, 0.15) is 5.82 Å². The number of hydrogen-bond donors (Lipinski definition) is 1. The number of amides is 1. The van der Waals surface area contributed by atoms with Gasteiger partial charge in [-0.25, -0.2) is 4.98 Å². The van der Waals surface area contributed by atoms with Gasteiger partial charge in [0, 0.05) is 12.1 Å². The summed E-state index contributed by atoms with van der Waals surface area (Å²) < 4.78 is 0. The molecular weight excluding hydrogens is 176 g/mol. The fourth-order valence-electron chi connectivity index (χ4n) is 0.871. The highest BCUT2D eigenvalue weighted by molar-refractivity contribution is 5.91. The summed E-state index contributed by atoms with van der Waals surface area (Å²) in [7, 11) is 0. The van der Waals surface area contributed by atoms with Crippen LogP contribution in [0.4, 0.5) is 5.82 Å². The summed E-state index contributed by atoms with van der Waals surface area (Å²) in [6.45, 7) is 7.30. The highest BCUT2D eigenvalue weighted by atomic mass is 16.1. The van der Waals surface area contributed by atoms with Crippen LogP contribution in [0.2, 0.25) is 0 Å². The van der Waals surface area contributed by atoms with Crippen LogP contribution < -0.4 is 5.32 Å². The first-order chi connectivity index (χ1) is 6.63. The van der Waals surface area contributed by atoms with Crippen molar-refractivity contribution in [2.24, 2.45) is 5.92 Å². The van der Waals surface area contributed by atoms with Gasteiger partial charge in [0.25, 0.3) is 0 Å². The first-order valence-electron chi connectivity index (χ1n) is 4.53. The molecule has 3 nitrogen and oxygen atoms in total. The van der Waals surface area contributed by atoms with Crippen LogP contribution in [0, 0.1) is 5.92 Å². The predicted octanol–water partition coefficient (Wildman–Crippen LogP) is 2.32. The summed E-state index contributed by atoms with van der Waals surface area (Å²) in [6, 6.07) is 3.62. The Hall–Kier alpha value is -1.64. The van der Waals surface area contributed by atoms with Crippen molar-refractivity contribution < 1.29 is 4.79 Å². The van der Waals surface area contributed by atoms with E-state index in [0.29, 0.717) is 5.82 Å². The number of aromatic nitrogens is 1. The molecule has 1 rings (SSSR count). The third-order valence-corrected chi connectivity index (χ3v) is 1.80. The van der Waals surface area contributed by atoms with E-state index in [9.17, 15) is 4.79 Å². The number of anilines is 1. The first-order valence-corrected chi connectivity index (χ1v) is 4.53. The normalized spacial score (nSPS) is 9.93. The van der Waals surface area contributed by atoms with Gasteiger partial charge in [0.15, 0.2) is 0 Å². The zero-order chi connectivity index (χ0) is 10.6. The smallest absolute Gasteiger partial charge is 0.228 e. The first kappa shape index (κ1) is 10.4. The van der Waals surface area contributed by atoms with Crippen LogP contribution in [0.3, 0.4) is 0 Å². The van der Waals surface area contributed by atoms with E-state index in [0.717, 1.165) is 5.56 Å². The molecule has 1 aromatic heterocycles. The van der Waals surface area contributed by atoms with Crippen LogP contribution in [-0.4, -0.2) is 10.9 Å². The standard InChI is InChI=1S/C11H14N2O/c1-4-9-5-6-10(12-7-9)13-11(14)8(2)3/h4-8H,1H2,2-3H3,(H,12,13,14). The van der Waals surface area contributed by atoms with Gasteiger partial charge >= 0.3 is 0 Å². The Labute approximate surface area is 83.9 Å². The maximum absolute atomic E-state index is 11.3. The van der Waals surface area contributed by atoms with Crippen molar-refractivity contribution in [3.8, 4) is 0 Å². The summed E-state index contributed by atoms with van der Waals surface area (Å²) in [6.07, 6.45) is 3.38. The zero-order valence-electron chi connectivity index (χ0n) is 8.45. The molecule has 0 aromatic carbocycles. The van der Waals surface area contributed by atoms with Crippen LogP contribution in [-0.2, 0) is 4.79 Å². The molecule has 0 aliphatic carbocycles. The lowest BCUT2D eigenvalue weighted by Crippen LogP contribution is -2.18. The molecule has 0 fully saturated rings. The number of nitrogens with zero attached hydrogens (tertiary/aromatic N) is 1. The molecule has 0 spiro atoms. The van der Waals surface area contributed by atoms with E-state index in [1.165, 1.54) is 0 Å².